The number of non-ortho nitro benzene ring substituents is 2. The molecule has 180 valence electrons. The molecule has 0 unspecified atom stereocenters. The van der Waals surface area contributed by atoms with Crippen LogP contribution in [0.3, 0.4) is 0 Å². The Kier molecular flexibility index (Phi) is 7.75. The number of nitrogens with zero attached hydrogens (tertiary/aromatic N) is 4. The maximum Gasteiger partial charge on any atom is 0.337 e. The Morgan fingerprint density at radius 3 is 1.77 bits per heavy atom. The molecular weight excluding hydrogens is 486 g/mol. The highest BCUT2D eigenvalue weighted by molar-refractivity contribution is 7.15. The zero-order valence-electron chi connectivity index (χ0n) is 17.4. The average Bonchev–Trinajstić information content (AvgIpc) is 3.24. The topological polar surface area (TPSA) is 223 Å². The third-order valence-corrected chi connectivity index (χ3v) is 4.83. The number of aromatic nitrogens is 2. The number of hydrogen-bond donors (Lipinski definition) is 5. The summed E-state index contributed by atoms with van der Waals surface area (Å²) in [5.41, 5.74) is 4.60. The lowest BCUT2D eigenvalue weighted by Crippen LogP contribution is -2.44. The van der Waals surface area contributed by atoms with Crippen LogP contribution in [0, 0.1) is 20.2 Å². The van der Waals surface area contributed by atoms with E-state index in [1.807, 2.05) is 0 Å². The third-order valence-electron chi connectivity index (χ3n) is 3.99. The molecule has 0 fully saturated rings. The lowest BCUT2D eigenvalue weighted by atomic mass is 10.3. The van der Waals surface area contributed by atoms with E-state index in [0.717, 1.165) is 11.3 Å². The number of urea groups is 2. The van der Waals surface area contributed by atoms with Crippen LogP contribution in [-0.2, 0) is 11.2 Å². The van der Waals surface area contributed by atoms with Gasteiger partial charge in [0.2, 0.25) is 11.0 Å². The predicted octanol–water partition coefficient (Wildman–Crippen LogP) is 2.39. The first-order chi connectivity index (χ1) is 16.7. The summed E-state index contributed by atoms with van der Waals surface area (Å²) >= 11 is 0.919. The molecular formula is C18H15N9O7S. The van der Waals surface area contributed by atoms with Gasteiger partial charge in [-0.3, -0.25) is 35.8 Å². The fourth-order valence-corrected chi connectivity index (χ4v) is 3.17. The number of anilines is 3. The molecule has 3 aromatic rings. The number of nitro groups is 2. The first-order valence-corrected chi connectivity index (χ1v) is 10.3. The SMILES string of the molecule is O=C(Cc1nnc(NC(=O)Nc2ccc([N+](=O)[O-])cc2)s1)NNC(=O)Nc1ccc([N+](=O)[O-])cc1. The standard InChI is InChI=1S/C18H15N9O7S/c28-14(22-24-17(30)20-11-3-7-13(8-4-11)27(33)34)9-15-23-25-18(35-15)21-16(29)19-10-1-5-12(6-2-10)26(31)32/h1-8H,9H2,(H,22,28)(H2,20,24,30)(H2,19,21,25,29). The van der Waals surface area contributed by atoms with Gasteiger partial charge in [-0.25, -0.2) is 15.0 Å². The predicted molar refractivity (Wildman–Crippen MR) is 123 cm³/mol. The molecule has 35 heavy (non-hydrogen) atoms. The molecule has 1 heterocycles. The van der Waals surface area contributed by atoms with E-state index in [2.05, 4.69) is 37.0 Å². The summed E-state index contributed by atoms with van der Waals surface area (Å²) in [6, 6.07) is 8.81. The largest absolute Gasteiger partial charge is 0.337 e. The van der Waals surface area contributed by atoms with Crippen molar-refractivity contribution in [2.75, 3.05) is 16.0 Å². The Bertz CT molecular complexity index is 1260. The molecule has 0 atom stereocenters. The molecule has 0 saturated heterocycles. The van der Waals surface area contributed by atoms with E-state index in [0.29, 0.717) is 5.69 Å². The molecule has 17 heteroatoms. The molecule has 0 saturated carbocycles. The lowest BCUT2D eigenvalue weighted by Gasteiger charge is -2.08. The summed E-state index contributed by atoms with van der Waals surface area (Å²) in [4.78, 5) is 56.0. The molecule has 3 rings (SSSR count). The molecule has 0 radical (unpaired) electrons. The molecule has 0 aliphatic heterocycles. The molecule has 0 bridgehead atoms. The van der Waals surface area contributed by atoms with Crippen LogP contribution in [0.2, 0.25) is 0 Å². The highest BCUT2D eigenvalue weighted by atomic mass is 32.1. The Labute approximate surface area is 199 Å². The van der Waals surface area contributed by atoms with Gasteiger partial charge in [-0.2, -0.15) is 0 Å². The molecule has 16 nitrogen and oxygen atoms in total. The zero-order valence-corrected chi connectivity index (χ0v) is 18.2. The van der Waals surface area contributed by atoms with E-state index in [-0.39, 0.29) is 33.6 Å². The summed E-state index contributed by atoms with van der Waals surface area (Å²) < 4.78 is 0. The zero-order chi connectivity index (χ0) is 25.4. The number of amides is 5. The van der Waals surface area contributed by atoms with Gasteiger partial charge in [-0.15, -0.1) is 10.2 Å². The minimum absolute atomic E-state index is 0.0936. The van der Waals surface area contributed by atoms with Gasteiger partial charge in [0.15, 0.2) is 0 Å². The van der Waals surface area contributed by atoms with Crippen molar-refractivity contribution >= 4 is 57.2 Å². The summed E-state index contributed by atoms with van der Waals surface area (Å²) in [5, 5.41) is 36.4. The second-order valence-corrected chi connectivity index (χ2v) is 7.55. The monoisotopic (exact) mass is 501 g/mol. The van der Waals surface area contributed by atoms with Gasteiger partial charge in [0.05, 0.1) is 16.3 Å². The Balaban J connectivity index is 1.42. The fourth-order valence-electron chi connectivity index (χ4n) is 2.44. The van der Waals surface area contributed by atoms with Crippen LogP contribution in [0.5, 0.6) is 0 Å². The van der Waals surface area contributed by atoms with Crippen LogP contribution in [0.15, 0.2) is 48.5 Å². The number of nitro benzene ring substituents is 2. The second kappa shape index (κ2) is 11.1. The number of rotatable bonds is 7. The van der Waals surface area contributed by atoms with Crippen LogP contribution < -0.4 is 26.8 Å². The first kappa shape index (κ1) is 24.5. The molecule has 1 aromatic heterocycles. The summed E-state index contributed by atoms with van der Waals surface area (Å²) in [6.07, 6.45) is -0.249. The van der Waals surface area contributed by atoms with Crippen LogP contribution in [0.25, 0.3) is 0 Å². The van der Waals surface area contributed by atoms with Gasteiger partial charge in [-0.05, 0) is 24.3 Å². The number of carbonyl (C=O) groups is 3. The smallest absolute Gasteiger partial charge is 0.308 e. The van der Waals surface area contributed by atoms with Crippen LogP contribution in [0.4, 0.5) is 37.5 Å². The van der Waals surface area contributed by atoms with Crippen LogP contribution >= 0.6 is 11.3 Å². The van der Waals surface area contributed by atoms with Crippen LogP contribution in [-0.4, -0.2) is 38.0 Å². The molecule has 0 aliphatic rings. The van der Waals surface area contributed by atoms with Crippen molar-refractivity contribution in [3.05, 3.63) is 73.8 Å². The van der Waals surface area contributed by atoms with Gasteiger partial charge in [0.25, 0.3) is 11.4 Å². The van der Waals surface area contributed by atoms with Crippen molar-refractivity contribution in [1.82, 2.24) is 21.0 Å². The second-order valence-electron chi connectivity index (χ2n) is 6.49. The fraction of sp³-hybridized carbons (Fsp3) is 0.0556. The van der Waals surface area contributed by atoms with Crippen molar-refractivity contribution in [3.63, 3.8) is 0 Å². The van der Waals surface area contributed by atoms with E-state index < -0.39 is 27.8 Å². The summed E-state index contributed by atoms with van der Waals surface area (Å²) in [5.74, 6) is -0.623. The summed E-state index contributed by atoms with van der Waals surface area (Å²) in [7, 11) is 0. The first-order valence-electron chi connectivity index (χ1n) is 9.45. The van der Waals surface area contributed by atoms with E-state index in [9.17, 15) is 34.6 Å². The lowest BCUT2D eigenvalue weighted by molar-refractivity contribution is -0.385. The van der Waals surface area contributed by atoms with E-state index in [1.54, 1.807) is 0 Å². The highest BCUT2D eigenvalue weighted by Crippen LogP contribution is 2.18. The van der Waals surface area contributed by atoms with Crippen LogP contribution in [0.1, 0.15) is 5.01 Å². The van der Waals surface area contributed by atoms with E-state index in [4.69, 9.17) is 0 Å². The molecule has 0 aliphatic carbocycles. The molecule has 5 N–H and O–H groups in total. The van der Waals surface area contributed by atoms with Gasteiger partial charge in [-0.1, -0.05) is 11.3 Å². The van der Waals surface area contributed by atoms with Crippen molar-refractivity contribution in [1.29, 1.82) is 0 Å². The minimum Gasteiger partial charge on any atom is -0.308 e. The average molecular weight is 501 g/mol. The highest BCUT2D eigenvalue weighted by Gasteiger charge is 2.13. The molecule has 5 amide bonds. The quantitative estimate of drug-likeness (QED) is 0.236. The Morgan fingerprint density at radius 1 is 0.743 bits per heavy atom. The number of carbonyl (C=O) groups excluding carboxylic acids is 3. The normalized spacial score (nSPS) is 10.1. The van der Waals surface area contributed by atoms with Gasteiger partial charge in [0, 0.05) is 35.6 Å². The summed E-state index contributed by atoms with van der Waals surface area (Å²) in [6.45, 7) is 0. The van der Waals surface area contributed by atoms with Crippen molar-refractivity contribution in [2.45, 2.75) is 6.42 Å². The van der Waals surface area contributed by atoms with Crippen molar-refractivity contribution in [2.24, 2.45) is 0 Å². The van der Waals surface area contributed by atoms with Gasteiger partial charge < -0.3 is 10.6 Å². The Hall–Kier alpha value is -5.19. The van der Waals surface area contributed by atoms with Crippen molar-refractivity contribution < 1.29 is 24.2 Å². The van der Waals surface area contributed by atoms with Crippen molar-refractivity contribution in [3.8, 4) is 0 Å². The minimum atomic E-state index is -0.783. The van der Waals surface area contributed by atoms with Gasteiger partial charge in [0.1, 0.15) is 5.01 Å². The molecule has 2 aromatic carbocycles. The number of nitrogens with one attached hydrogen (secondary N) is 5. The van der Waals surface area contributed by atoms with E-state index in [1.165, 1.54) is 48.5 Å². The Morgan fingerprint density at radius 2 is 1.26 bits per heavy atom. The number of hydrazine groups is 1. The maximum atomic E-state index is 12.0. The van der Waals surface area contributed by atoms with Gasteiger partial charge >= 0.3 is 12.1 Å². The maximum absolute atomic E-state index is 12.0. The number of hydrogen-bond acceptors (Lipinski definition) is 10. The van der Waals surface area contributed by atoms with E-state index >= 15 is 0 Å². The molecule has 0 spiro atoms. The third kappa shape index (κ3) is 7.43. The number of benzene rings is 2.